The second-order valence-electron chi connectivity index (χ2n) is 3.23. The zero-order chi connectivity index (χ0) is 7.14. The first-order chi connectivity index (χ1) is 4.79. The third-order valence-corrected chi connectivity index (χ3v) is 2.74. The molecular weight excluding hydrogens is 122 g/mol. The van der Waals surface area contributed by atoms with E-state index in [4.69, 9.17) is 0 Å². The Labute approximate surface area is 62.0 Å². The topological polar surface area (TPSA) is 3.24 Å². The smallest absolute Gasteiger partial charge is 0.0322 e. The molecule has 0 N–H and O–H groups in total. The minimum atomic E-state index is 0.762. The summed E-state index contributed by atoms with van der Waals surface area (Å²) in [6.45, 7) is 10.5. The minimum absolute atomic E-state index is 0.762. The summed E-state index contributed by atoms with van der Waals surface area (Å²) in [4.78, 5) is 2.35. The molecule has 2 bridgehead atoms. The Hall–Kier alpha value is -0.720. The van der Waals surface area contributed by atoms with Gasteiger partial charge in [0.05, 0.1) is 0 Å². The summed E-state index contributed by atoms with van der Waals surface area (Å²) in [5.74, 6) is 0.762. The molecule has 3 aliphatic rings. The molecule has 0 aromatic rings. The zero-order valence-electron chi connectivity index (χ0n) is 6.27. The van der Waals surface area contributed by atoms with Crippen molar-refractivity contribution >= 4 is 0 Å². The van der Waals surface area contributed by atoms with Gasteiger partial charge in [-0.25, -0.2) is 0 Å². The maximum absolute atomic E-state index is 4.04. The molecule has 0 aromatic heterocycles. The summed E-state index contributed by atoms with van der Waals surface area (Å²) in [5.41, 5.74) is 2.49. The molecule has 0 saturated carbocycles. The van der Waals surface area contributed by atoms with Crippen molar-refractivity contribution in [2.24, 2.45) is 5.92 Å². The Morgan fingerprint density at radius 1 is 1.20 bits per heavy atom. The Morgan fingerprint density at radius 3 is 2.10 bits per heavy atom. The molecule has 0 radical (unpaired) electrons. The number of rotatable bonds is 0. The van der Waals surface area contributed by atoms with Gasteiger partial charge in [0, 0.05) is 18.8 Å². The van der Waals surface area contributed by atoms with E-state index in [1.165, 1.54) is 37.2 Å². The fraction of sp³-hybridized carbons (Fsp3) is 0.556. The predicted octanol–water partition coefficient (Wildman–Crippen LogP) is 1.78. The lowest BCUT2D eigenvalue weighted by molar-refractivity contribution is 0.207. The van der Waals surface area contributed by atoms with Crippen LogP contribution in [-0.4, -0.2) is 18.0 Å². The summed E-state index contributed by atoms with van der Waals surface area (Å²) in [5, 5.41) is 0. The highest BCUT2D eigenvalue weighted by molar-refractivity contribution is 5.31. The first-order valence-electron chi connectivity index (χ1n) is 3.92. The van der Waals surface area contributed by atoms with Crippen LogP contribution in [0.15, 0.2) is 24.4 Å². The number of hydrogen-bond donors (Lipinski definition) is 0. The van der Waals surface area contributed by atoms with Crippen LogP contribution in [0.4, 0.5) is 0 Å². The average molecular weight is 135 g/mol. The second-order valence-corrected chi connectivity index (χ2v) is 3.23. The summed E-state index contributed by atoms with van der Waals surface area (Å²) in [6.07, 6.45) is 2.61. The Kier molecular flexibility index (Phi) is 1.13. The van der Waals surface area contributed by atoms with Crippen LogP contribution in [-0.2, 0) is 0 Å². The molecule has 0 atom stereocenters. The molecule has 1 nitrogen and oxygen atoms in total. The molecule has 0 amide bonds. The van der Waals surface area contributed by atoms with Crippen LogP contribution >= 0.6 is 0 Å². The van der Waals surface area contributed by atoms with Gasteiger partial charge in [-0.15, -0.1) is 0 Å². The van der Waals surface area contributed by atoms with Crippen molar-refractivity contribution in [3.05, 3.63) is 24.4 Å². The maximum atomic E-state index is 4.04. The van der Waals surface area contributed by atoms with Crippen molar-refractivity contribution < 1.29 is 0 Å². The van der Waals surface area contributed by atoms with Gasteiger partial charge >= 0.3 is 0 Å². The van der Waals surface area contributed by atoms with Crippen LogP contribution < -0.4 is 0 Å². The van der Waals surface area contributed by atoms with Gasteiger partial charge in [0.1, 0.15) is 0 Å². The van der Waals surface area contributed by atoms with E-state index < -0.39 is 0 Å². The third-order valence-electron chi connectivity index (χ3n) is 2.74. The van der Waals surface area contributed by atoms with E-state index in [-0.39, 0.29) is 0 Å². The molecule has 0 aromatic carbocycles. The highest BCUT2D eigenvalue weighted by atomic mass is 15.2. The van der Waals surface area contributed by atoms with Gasteiger partial charge in [0.15, 0.2) is 0 Å². The zero-order valence-corrected chi connectivity index (χ0v) is 6.27. The molecule has 3 heterocycles. The van der Waals surface area contributed by atoms with Gasteiger partial charge in [-0.1, -0.05) is 13.2 Å². The van der Waals surface area contributed by atoms with Crippen LogP contribution in [0.1, 0.15) is 12.8 Å². The van der Waals surface area contributed by atoms with Crippen molar-refractivity contribution in [2.45, 2.75) is 12.8 Å². The Balaban J connectivity index is 2.28. The van der Waals surface area contributed by atoms with Crippen molar-refractivity contribution in [1.82, 2.24) is 4.90 Å². The summed E-state index contributed by atoms with van der Waals surface area (Å²) in [7, 11) is 0. The van der Waals surface area contributed by atoms with Crippen LogP contribution in [0.2, 0.25) is 0 Å². The van der Waals surface area contributed by atoms with E-state index in [0.717, 1.165) is 5.92 Å². The van der Waals surface area contributed by atoms with Crippen molar-refractivity contribution in [3.63, 3.8) is 0 Å². The number of nitrogens with zero attached hydrogens (tertiary/aromatic N) is 1. The molecule has 3 rings (SSSR count). The van der Waals surface area contributed by atoms with E-state index in [1.54, 1.807) is 0 Å². The highest BCUT2D eigenvalue weighted by Crippen LogP contribution is 2.36. The standard InChI is InChI=1S/C9H13N/c1-7-8(2)10-5-3-9(7)4-6-10/h9H,1-6H2. The van der Waals surface area contributed by atoms with Gasteiger partial charge in [-0.3, -0.25) is 0 Å². The minimum Gasteiger partial charge on any atom is -0.372 e. The molecule has 0 aliphatic carbocycles. The van der Waals surface area contributed by atoms with E-state index in [1.807, 2.05) is 0 Å². The monoisotopic (exact) mass is 135 g/mol. The van der Waals surface area contributed by atoms with Crippen LogP contribution in [0.25, 0.3) is 0 Å². The lowest BCUT2D eigenvalue weighted by atomic mass is 9.83. The van der Waals surface area contributed by atoms with E-state index in [0.29, 0.717) is 0 Å². The quantitative estimate of drug-likeness (QED) is 0.489. The van der Waals surface area contributed by atoms with Crippen LogP contribution in [0, 0.1) is 5.92 Å². The SMILES string of the molecule is C=C1C(=C)N2CCC1CC2. The summed E-state index contributed by atoms with van der Waals surface area (Å²) >= 11 is 0. The van der Waals surface area contributed by atoms with E-state index in [9.17, 15) is 0 Å². The van der Waals surface area contributed by atoms with Crippen LogP contribution in [0.3, 0.4) is 0 Å². The van der Waals surface area contributed by atoms with Crippen molar-refractivity contribution in [1.29, 1.82) is 0 Å². The van der Waals surface area contributed by atoms with Crippen LogP contribution in [0.5, 0.6) is 0 Å². The summed E-state index contributed by atoms with van der Waals surface area (Å²) < 4.78 is 0. The molecule has 1 heteroatoms. The van der Waals surface area contributed by atoms with Crippen molar-refractivity contribution in [3.8, 4) is 0 Å². The number of hydrogen-bond acceptors (Lipinski definition) is 1. The first kappa shape index (κ1) is 6.02. The molecule has 10 heavy (non-hydrogen) atoms. The predicted molar refractivity (Wildman–Crippen MR) is 42.6 cm³/mol. The lowest BCUT2D eigenvalue weighted by Gasteiger charge is -2.43. The molecule has 3 fully saturated rings. The highest BCUT2D eigenvalue weighted by Gasteiger charge is 2.30. The molecule has 3 saturated heterocycles. The fourth-order valence-electron chi connectivity index (χ4n) is 1.94. The Morgan fingerprint density at radius 2 is 1.80 bits per heavy atom. The van der Waals surface area contributed by atoms with E-state index >= 15 is 0 Å². The van der Waals surface area contributed by atoms with Crippen molar-refractivity contribution in [2.75, 3.05) is 13.1 Å². The molecule has 0 unspecified atom stereocenters. The van der Waals surface area contributed by atoms with Gasteiger partial charge in [-0.2, -0.15) is 0 Å². The third kappa shape index (κ3) is 0.634. The lowest BCUT2D eigenvalue weighted by Crippen LogP contribution is -2.40. The summed E-state index contributed by atoms with van der Waals surface area (Å²) in [6, 6.07) is 0. The van der Waals surface area contributed by atoms with Gasteiger partial charge in [-0.05, 0) is 24.3 Å². The second kappa shape index (κ2) is 1.88. The maximum Gasteiger partial charge on any atom is 0.0322 e. The van der Waals surface area contributed by atoms with Gasteiger partial charge in [0.2, 0.25) is 0 Å². The average Bonchev–Trinajstić information content (AvgIpc) is 2.00. The Bertz CT molecular complexity index is 163. The molecule has 54 valence electrons. The van der Waals surface area contributed by atoms with Gasteiger partial charge < -0.3 is 4.90 Å². The van der Waals surface area contributed by atoms with E-state index in [2.05, 4.69) is 18.1 Å². The number of piperidine rings is 3. The molecule has 0 spiro atoms. The molecular formula is C9H13N. The van der Waals surface area contributed by atoms with Gasteiger partial charge in [0.25, 0.3) is 0 Å². The number of fused-ring (bicyclic) bond motifs is 3. The first-order valence-corrected chi connectivity index (χ1v) is 3.92. The normalized spacial score (nSPS) is 26.2. The number of allylic oxidation sites excluding steroid dienone is 1. The fourth-order valence-corrected chi connectivity index (χ4v) is 1.94. The largest absolute Gasteiger partial charge is 0.372 e. The molecule has 3 aliphatic heterocycles.